The molecule has 1 aromatic rings. The summed E-state index contributed by atoms with van der Waals surface area (Å²) in [6, 6.07) is 4.66. The third kappa shape index (κ3) is 9.62. The van der Waals surface area contributed by atoms with Crippen LogP contribution < -0.4 is 15.2 Å². The van der Waals surface area contributed by atoms with Crippen LogP contribution in [0.4, 0.5) is 4.79 Å². The Hall–Kier alpha value is -3.15. The van der Waals surface area contributed by atoms with E-state index < -0.39 is 54.9 Å². The third-order valence-corrected chi connectivity index (χ3v) is 6.55. The highest BCUT2D eigenvalue weighted by Crippen LogP contribution is 2.56. The van der Waals surface area contributed by atoms with Gasteiger partial charge in [-0.25, -0.2) is 14.2 Å². The summed E-state index contributed by atoms with van der Waals surface area (Å²) in [7, 11) is -2.96. The second-order valence-electron chi connectivity index (χ2n) is 10.3. The summed E-state index contributed by atoms with van der Waals surface area (Å²) in [5, 5.41) is 14.3. The molecule has 1 aromatic carbocycles. The molecule has 0 aliphatic carbocycles. The zero-order valence-corrected chi connectivity index (χ0v) is 23.2. The van der Waals surface area contributed by atoms with E-state index in [0.29, 0.717) is 5.56 Å². The van der Waals surface area contributed by atoms with Crippen LogP contribution in [-0.4, -0.2) is 67.1 Å². The summed E-state index contributed by atoms with van der Waals surface area (Å²) >= 11 is 0. The lowest BCUT2D eigenvalue weighted by molar-refractivity contribution is -0.142. The molecule has 1 heterocycles. The van der Waals surface area contributed by atoms with Crippen molar-refractivity contribution in [1.82, 2.24) is 10.6 Å². The number of esters is 1. The first-order valence-electron chi connectivity index (χ1n) is 11.8. The van der Waals surface area contributed by atoms with E-state index in [0.717, 1.165) is 0 Å². The van der Waals surface area contributed by atoms with Gasteiger partial charge in [-0.05, 0) is 38.5 Å². The second-order valence-corrected chi connectivity index (χ2v) is 11.8. The Labute approximate surface area is 221 Å². The predicted molar refractivity (Wildman–Crippen MR) is 133 cm³/mol. The fourth-order valence-electron chi connectivity index (χ4n) is 3.26. The van der Waals surface area contributed by atoms with E-state index in [1.807, 2.05) is 0 Å². The molecule has 212 valence electrons. The fourth-order valence-corrected chi connectivity index (χ4v) is 4.92. The lowest BCUT2D eigenvalue weighted by atomic mass is 9.87. The van der Waals surface area contributed by atoms with Crippen molar-refractivity contribution in [3.63, 3.8) is 0 Å². The maximum Gasteiger partial charge on any atom is 0.530 e. The Morgan fingerprint density at radius 3 is 2.37 bits per heavy atom. The first kappa shape index (κ1) is 31.1. The molecular formula is C24H35N2O11P. The standard InChI is InChI=1S/C24H35N2O11P/c1-23(2,3)35-22(31)26-17(21(29)30)13-15-7-9-16(10-8-15)36-38(32)34-14-24(4,5)19(37-38)20(28)25-12-11-18(27)33-6/h7-10,17,19H,11-14H2,1-6H3,(H,25,28)(H,26,31)(H,29,30)/t17-,19-,38?/m0/s1. The molecule has 1 saturated heterocycles. The molecule has 2 amide bonds. The van der Waals surface area contributed by atoms with E-state index in [4.69, 9.17) is 18.3 Å². The van der Waals surface area contributed by atoms with Crippen LogP contribution in [0.5, 0.6) is 5.75 Å². The number of amides is 2. The average molecular weight is 559 g/mol. The molecule has 38 heavy (non-hydrogen) atoms. The van der Waals surface area contributed by atoms with Gasteiger partial charge >= 0.3 is 25.9 Å². The van der Waals surface area contributed by atoms with Crippen molar-refractivity contribution in [3.8, 4) is 5.75 Å². The van der Waals surface area contributed by atoms with Crippen molar-refractivity contribution in [2.24, 2.45) is 5.41 Å². The SMILES string of the molecule is COC(=O)CCNC(=O)[C@@H]1OP(=O)(Oc2ccc(C[C@H](NC(=O)OC(C)(C)C)C(=O)O)cc2)OCC1(C)C. The number of alkyl carbamates (subject to hydrolysis) is 1. The van der Waals surface area contributed by atoms with Gasteiger partial charge in [-0.1, -0.05) is 26.0 Å². The van der Waals surface area contributed by atoms with Gasteiger partial charge in [0.2, 0.25) is 0 Å². The molecule has 13 nitrogen and oxygen atoms in total. The maximum atomic E-state index is 13.2. The molecule has 0 saturated carbocycles. The molecule has 0 radical (unpaired) electrons. The first-order chi connectivity index (χ1) is 17.5. The number of benzene rings is 1. The number of nitrogens with one attached hydrogen (secondary N) is 2. The summed E-state index contributed by atoms with van der Waals surface area (Å²) in [6.07, 6.45) is -2.14. The summed E-state index contributed by atoms with van der Waals surface area (Å²) in [6.45, 7) is 8.27. The number of phosphoric ester groups is 1. The number of methoxy groups -OCH3 is 1. The zero-order chi connectivity index (χ0) is 28.7. The summed E-state index contributed by atoms with van der Waals surface area (Å²) in [5.41, 5.74) is -1.10. The molecular weight excluding hydrogens is 523 g/mol. The van der Waals surface area contributed by atoms with Gasteiger partial charge < -0.3 is 29.7 Å². The number of rotatable bonds is 10. The van der Waals surface area contributed by atoms with Crippen molar-refractivity contribution < 1.29 is 51.9 Å². The van der Waals surface area contributed by atoms with Gasteiger partial charge in [0.15, 0.2) is 6.10 Å². The monoisotopic (exact) mass is 558 g/mol. The number of phosphoric acid groups is 1. The zero-order valence-electron chi connectivity index (χ0n) is 22.3. The van der Waals surface area contributed by atoms with Crippen molar-refractivity contribution in [1.29, 1.82) is 0 Å². The van der Waals surface area contributed by atoms with Crippen molar-refractivity contribution in [3.05, 3.63) is 29.8 Å². The van der Waals surface area contributed by atoms with Gasteiger partial charge in [0, 0.05) is 18.4 Å². The molecule has 1 aliphatic heterocycles. The topological polar surface area (TPSA) is 176 Å². The normalized spacial score (nSPS) is 21.5. The molecule has 0 spiro atoms. The van der Waals surface area contributed by atoms with Gasteiger partial charge in [-0.2, -0.15) is 0 Å². The largest absolute Gasteiger partial charge is 0.530 e. The highest BCUT2D eigenvalue weighted by Gasteiger charge is 2.50. The first-order valence-corrected chi connectivity index (χ1v) is 13.3. The van der Waals surface area contributed by atoms with Crippen LogP contribution in [-0.2, 0) is 43.9 Å². The van der Waals surface area contributed by atoms with Crippen LogP contribution in [0.25, 0.3) is 0 Å². The van der Waals surface area contributed by atoms with E-state index in [1.165, 1.54) is 31.4 Å². The molecule has 1 unspecified atom stereocenters. The van der Waals surface area contributed by atoms with E-state index in [-0.39, 0.29) is 31.7 Å². The van der Waals surface area contributed by atoms with E-state index >= 15 is 0 Å². The number of hydrogen-bond donors (Lipinski definition) is 3. The number of ether oxygens (including phenoxy) is 2. The smallest absolute Gasteiger partial charge is 0.480 e. The molecule has 1 fully saturated rings. The lowest BCUT2D eigenvalue weighted by Crippen LogP contribution is -2.50. The van der Waals surface area contributed by atoms with Gasteiger partial charge in [0.1, 0.15) is 17.4 Å². The Bertz CT molecular complexity index is 1070. The minimum atomic E-state index is -4.20. The van der Waals surface area contributed by atoms with Crippen LogP contribution in [0.2, 0.25) is 0 Å². The number of hydrogen-bond acceptors (Lipinski definition) is 10. The van der Waals surface area contributed by atoms with Crippen LogP contribution >= 0.6 is 7.82 Å². The molecule has 2 rings (SSSR count). The lowest BCUT2D eigenvalue weighted by Gasteiger charge is -2.39. The van der Waals surface area contributed by atoms with Gasteiger partial charge in [-0.3, -0.25) is 18.6 Å². The third-order valence-electron chi connectivity index (χ3n) is 5.20. The molecule has 3 atom stereocenters. The second kappa shape index (κ2) is 12.6. The maximum absolute atomic E-state index is 13.2. The number of carbonyl (C=O) groups is 4. The number of carbonyl (C=O) groups excluding carboxylic acids is 3. The van der Waals surface area contributed by atoms with E-state index in [1.54, 1.807) is 34.6 Å². The highest BCUT2D eigenvalue weighted by molar-refractivity contribution is 7.49. The van der Waals surface area contributed by atoms with Crippen LogP contribution in [0.15, 0.2) is 24.3 Å². The predicted octanol–water partition coefficient (Wildman–Crippen LogP) is 2.81. The van der Waals surface area contributed by atoms with Gasteiger partial charge in [0.05, 0.1) is 20.1 Å². The molecule has 0 aromatic heterocycles. The Kier molecular flexibility index (Phi) is 10.3. The van der Waals surface area contributed by atoms with Crippen LogP contribution in [0, 0.1) is 5.41 Å². The minimum absolute atomic E-state index is 0.00897. The summed E-state index contributed by atoms with van der Waals surface area (Å²) in [4.78, 5) is 47.5. The molecule has 3 N–H and O–H groups in total. The van der Waals surface area contributed by atoms with Crippen molar-refractivity contribution in [2.45, 2.75) is 65.2 Å². The molecule has 0 bridgehead atoms. The summed E-state index contributed by atoms with van der Waals surface area (Å²) < 4.78 is 39.1. The van der Waals surface area contributed by atoms with Crippen molar-refractivity contribution in [2.75, 3.05) is 20.3 Å². The molecule has 1 aliphatic rings. The number of carboxylic acids is 1. The Morgan fingerprint density at radius 1 is 1.18 bits per heavy atom. The average Bonchev–Trinajstić information content (AvgIpc) is 2.80. The number of aliphatic carboxylic acids is 1. The van der Waals surface area contributed by atoms with Gasteiger partial charge in [-0.15, -0.1) is 0 Å². The van der Waals surface area contributed by atoms with Crippen molar-refractivity contribution >= 4 is 31.8 Å². The fraction of sp³-hybridized carbons (Fsp3) is 0.583. The quantitative estimate of drug-likeness (QED) is 0.284. The van der Waals surface area contributed by atoms with E-state index in [9.17, 15) is 28.8 Å². The minimum Gasteiger partial charge on any atom is -0.480 e. The number of carboxylic acid groups (broad SMARTS) is 1. The van der Waals surface area contributed by atoms with Crippen LogP contribution in [0.1, 0.15) is 46.6 Å². The Morgan fingerprint density at radius 2 is 1.82 bits per heavy atom. The summed E-state index contributed by atoms with van der Waals surface area (Å²) in [5.74, 6) is -2.24. The Balaban J connectivity index is 2.03. The van der Waals surface area contributed by atoms with Crippen LogP contribution in [0.3, 0.4) is 0 Å². The van der Waals surface area contributed by atoms with E-state index in [2.05, 4.69) is 15.4 Å². The molecule has 14 heteroatoms. The highest BCUT2D eigenvalue weighted by atomic mass is 31.2. The van der Waals surface area contributed by atoms with Gasteiger partial charge in [0.25, 0.3) is 5.91 Å².